The molecule has 3 N–H and O–H groups in total. The molecule has 2 heterocycles. The quantitative estimate of drug-likeness (QED) is 0.591. The van der Waals surface area contributed by atoms with Gasteiger partial charge in [0.2, 0.25) is 5.78 Å². The second-order valence-electron chi connectivity index (χ2n) is 7.43. The van der Waals surface area contributed by atoms with E-state index in [0.29, 0.717) is 11.3 Å². The zero-order valence-corrected chi connectivity index (χ0v) is 17.8. The number of nitrogens with one attached hydrogen (secondary N) is 1. The van der Waals surface area contributed by atoms with Gasteiger partial charge in [-0.15, -0.1) is 11.3 Å². The van der Waals surface area contributed by atoms with E-state index in [1.165, 1.54) is 22.9 Å². The average molecular weight is 396 g/mol. The third-order valence-corrected chi connectivity index (χ3v) is 6.17. The Bertz CT molecular complexity index is 985. The van der Waals surface area contributed by atoms with Gasteiger partial charge in [-0.2, -0.15) is 0 Å². The van der Waals surface area contributed by atoms with E-state index >= 15 is 0 Å². The van der Waals surface area contributed by atoms with E-state index in [2.05, 4.69) is 52.9 Å². The fraction of sp³-hybridized carbons (Fsp3) is 0.304. The first kappa shape index (κ1) is 20.2. The van der Waals surface area contributed by atoms with E-state index in [1.807, 2.05) is 26.8 Å². The Morgan fingerprint density at radius 2 is 1.75 bits per heavy atom. The molecule has 3 aromatic rings. The highest BCUT2D eigenvalue weighted by atomic mass is 32.1. The van der Waals surface area contributed by atoms with Crippen LogP contribution in [0.15, 0.2) is 41.8 Å². The summed E-state index contributed by atoms with van der Waals surface area (Å²) >= 11 is 1.70. The Labute approximate surface area is 170 Å². The molecule has 0 amide bonds. The first-order valence-electron chi connectivity index (χ1n) is 9.48. The molecule has 0 bridgehead atoms. The van der Waals surface area contributed by atoms with Crippen molar-refractivity contribution < 1.29 is 14.9 Å². The average Bonchev–Trinajstić information content (AvgIpc) is 3.27. The summed E-state index contributed by atoms with van der Waals surface area (Å²) in [4.78, 5) is 29.4. The number of Topliss-reactive ketones (excluding diaryl/α,β-unsaturated/α-hetero) is 2. The van der Waals surface area contributed by atoms with Crippen molar-refractivity contribution in [1.82, 2.24) is 4.98 Å². The van der Waals surface area contributed by atoms with Crippen molar-refractivity contribution in [1.29, 1.82) is 0 Å². The second-order valence-corrected chi connectivity index (χ2v) is 8.41. The SMILES string of the molecule is CC(=O)c1c(C)[nH]c(C(=O)[C@H](C)[NH2+][C@H](c2ccc(C)cc2)c2cccs2)c1C. The lowest BCUT2D eigenvalue weighted by atomic mass is 10.00. The summed E-state index contributed by atoms with van der Waals surface area (Å²) in [7, 11) is 0. The lowest BCUT2D eigenvalue weighted by Crippen LogP contribution is -2.92. The lowest BCUT2D eigenvalue weighted by Gasteiger charge is -2.19. The molecule has 2 aromatic heterocycles. The van der Waals surface area contributed by atoms with Crippen LogP contribution in [0.3, 0.4) is 0 Å². The number of H-pyrrole nitrogens is 1. The van der Waals surface area contributed by atoms with Crippen LogP contribution in [0.1, 0.15) is 68.0 Å². The van der Waals surface area contributed by atoms with Gasteiger partial charge in [0.15, 0.2) is 5.78 Å². The normalized spacial score (nSPS) is 13.3. The molecular weight excluding hydrogens is 368 g/mol. The lowest BCUT2D eigenvalue weighted by molar-refractivity contribution is -0.703. The second kappa shape index (κ2) is 8.25. The van der Waals surface area contributed by atoms with Crippen LogP contribution >= 0.6 is 11.3 Å². The van der Waals surface area contributed by atoms with Crippen LogP contribution in [0, 0.1) is 20.8 Å². The van der Waals surface area contributed by atoms with Crippen LogP contribution in [0.25, 0.3) is 0 Å². The first-order chi connectivity index (χ1) is 13.3. The number of thiophene rings is 1. The summed E-state index contributed by atoms with van der Waals surface area (Å²) in [5.74, 6) is -0.000169. The van der Waals surface area contributed by atoms with Gasteiger partial charge in [0.1, 0.15) is 12.1 Å². The molecule has 0 aliphatic carbocycles. The number of aryl methyl sites for hydroxylation is 2. The number of benzene rings is 1. The van der Waals surface area contributed by atoms with E-state index in [1.54, 1.807) is 11.3 Å². The van der Waals surface area contributed by atoms with Gasteiger partial charge in [0, 0.05) is 16.8 Å². The van der Waals surface area contributed by atoms with Crippen LogP contribution in [-0.4, -0.2) is 22.6 Å². The monoisotopic (exact) mass is 395 g/mol. The molecule has 28 heavy (non-hydrogen) atoms. The molecule has 0 saturated carbocycles. The Morgan fingerprint density at radius 3 is 2.29 bits per heavy atom. The number of aromatic amines is 1. The Kier molecular flexibility index (Phi) is 5.96. The van der Waals surface area contributed by atoms with Crippen LogP contribution in [0.5, 0.6) is 0 Å². The maximum absolute atomic E-state index is 13.2. The highest BCUT2D eigenvalue weighted by Crippen LogP contribution is 2.24. The van der Waals surface area contributed by atoms with Gasteiger partial charge in [0.05, 0.1) is 10.6 Å². The van der Waals surface area contributed by atoms with Gasteiger partial charge < -0.3 is 10.3 Å². The van der Waals surface area contributed by atoms with E-state index in [0.717, 1.165) is 11.3 Å². The van der Waals surface area contributed by atoms with Gasteiger partial charge in [0.25, 0.3) is 0 Å². The standard InChI is InChI=1S/C23H26N2O2S/c1-13-8-10-18(11-9-13)22(19-7-6-12-28-19)25-16(4)23(27)21-14(2)20(17(5)26)15(3)24-21/h6-12,16,22,24-25H,1-5H3/p+1/t16-,22+/m0/s1. The van der Waals surface area contributed by atoms with Gasteiger partial charge in [-0.25, -0.2) is 0 Å². The fourth-order valence-electron chi connectivity index (χ4n) is 3.74. The Morgan fingerprint density at radius 1 is 1.07 bits per heavy atom. The number of carbonyl (C=O) groups is 2. The van der Waals surface area contributed by atoms with Gasteiger partial charge in [-0.1, -0.05) is 35.9 Å². The maximum atomic E-state index is 13.2. The topological polar surface area (TPSA) is 66.5 Å². The molecule has 2 atom stereocenters. The number of hydrogen-bond acceptors (Lipinski definition) is 3. The number of quaternary nitrogens is 1. The smallest absolute Gasteiger partial charge is 0.235 e. The van der Waals surface area contributed by atoms with E-state index in [9.17, 15) is 9.59 Å². The number of aromatic nitrogens is 1. The van der Waals surface area contributed by atoms with Crippen molar-refractivity contribution in [2.75, 3.05) is 0 Å². The van der Waals surface area contributed by atoms with Crippen molar-refractivity contribution in [3.63, 3.8) is 0 Å². The minimum atomic E-state index is -0.287. The zero-order chi connectivity index (χ0) is 20.4. The highest BCUT2D eigenvalue weighted by molar-refractivity contribution is 7.10. The summed E-state index contributed by atoms with van der Waals surface area (Å²) in [5.41, 5.74) is 5.07. The van der Waals surface area contributed by atoms with E-state index < -0.39 is 0 Å². The van der Waals surface area contributed by atoms with Gasteiger partial charge in [-0.05, 0) is 51.6 Å². The molecular formula is C23H27N2O2S+. The first-order valence-corrected chi connectivity index (χ1v) is 10.4. The molecule has 0 unspecified atom stereocenters. The summed E-state index contributed by atoms with van der Waals surface area (Å²) in [5, 5.41) is 4.18. The molecule has 0 spiro atoms. The Balaban J connectivity index is 1.89. The fourth-order valence-corrected chi connectivity index (χ4v) is 4.57. The molecule has 0 aliphatic heterocycles. The van der Waals surface area contributed by atoms with Crippen molar-refractivity contribution in [2.24, 2.45) is 0 Å². The third kappa shape index (κ3) is 4.01. The molecule has 146 valence electrons. The van der Waals surface area contributed by atoms with Gasteiger partial charge >= 0.3 is 0 Å². The number of ketones is 2. The summed E-state index contributed by atoms with van der Waals surface area (Å²) in [6.45, 7) is 9.23. The molecule has 0 aliphatic rings. The molecule has 5 heteroatoms. The van der Waals surface area contributed by atoms with E-state index in [4.69, 9.17) is 0 Å². The van der Waals surface area contributed by atoms with Crippen molar-refractivity contribution >= 4 is 22.9 Å². The number of nitrogens with two attached hydrogens (primary N) is 1. The third-order valence-electron chi connectivity index (χ3n) is 5.22. The zero-order valence-electron chi connectivity index (χ0n) is 17.0. The molecule has 4 nitrogen and oxygen atoms in total. The Hall–Kier alpha value is -2.50. The van der Waals surface area contributed by atoms with Crippen molar-refractivity contribution in [3.05, 3.63) is 80.3 Å². The van der Waals surface area contributed by atoms with Crippen LogP contribution in [0.2, 0.25) is 0 Å². The number of rotatable bonds is 7. The van der Waals surface area contributed by atoms with Gasteiger partial charge in [-0.3, -0.25) is 9.59 Å². The molecule has 0 fully saturated rings. The number of hydrogen-bond donors (Lipinski definition) is 2. The minimum Gasteiger partial charge on any atom is -0.355 e. The predicted octanol–water partition coefficient (Wildman–Crippen LogP) is 4.13. The summed E-state index contributed by atoms with van der Waals surface area (Å²) in [6, 6.07) is 12.4. The molecule has 1 aromatic carbocycles. The highest BCUT2D eigenvalue weighted by Gasteiger charge is 2.29. The molecule has 3 rings (SSSR count). The molecule has 0 radical (unpaired) electrons. The minimum absolute atomic E-state index is 0.0155. The van der Waals surface area contributed by atoms with Crippen LogP contribution in [0.4, 0.5) is 0 Å². The summed E-state index contributed by atoms with van der Waals surface area (Å²) < 4.78 is 0. The van der Waals surface area contributed by atoms with Crippen LogP contribution < -0.4 is 5.32 Å². The molecule has 0 saturated heterocycles. The van der Waals surface area contributed by atoms with Crippen molar-refractivity contribution in [2.45, 2.75) is 46.7 Å². The van der Waals surface area contributed by atoms with Crippen LogP contribution in [-0.2, 0) is 0 Å². The summed E-state index contributed by atoms with van der Waals surface area (Å²) in [6.07, 6.45) is 0. The number of carbonyl (C=O) groups excluding carboxylic acids is 2. The largest absolute Gasteiger partial charge is 0.355 e. The van der Waals surface area contributed by atoms with E-state index in [-0.39, 0.29) is 23.7 Å². The van der Waals surface area contributed by atoms with Crippen molar-refractivity contribution in [3.8, 4) is 0 Å². The predicted molar refractivity (Wildman–Crippen MR) is 113 cm³/mol. The maximum Gasteiger partial charge on any atom is 0.235 e.